The van der Waals surface area contributed by atoms with Crippen LogP contribution < -0.4 is 24.8 Å². The van der Waals surface area contributed by atoms with Crippen LogP contribution in [0.25, 0.3) is 0 Å². The Labute approximate surface area is 241 Å². The van der Waals surface area contributed by atoms with Crippen LogP contribution in [0.15, 0.2) is 18.3 Å². The summed E-state index contributed by atoms with van der Waals surface area (Å²) in [5.41, 5.74) is 3.35. The number of nitrogens with zero attached hydrogens (tertiary/aromatic N) is 6. The van der Waals surface area contributed by atoms with E-state index in [-0.39, 0.29) is 30.0 Å². The molecule has 1 aromatic heterocycles. The molecule has 0 bridgehead atoms. The Bertz CT molecular complexity index is 1310. The van der Waals surface area contributed by atoms with Gasteiger partial charge in [0.2, 0.25) is 17.8 Å². The molecule has 2 aromatic rings. The van der Waals surface area contributed by atoms with Crippen LogP contribution in [0.2, 0.25) is 0 Å². The topological polar surface area (TPSA) is 114 Å². The number of likely N-dealkylation sites (N-methyl/N-ethyl adjacent to an activating group) is 1. The van der Waals surface area contributed by atoms with Crippen LogP contribution in [0.3, 0.4) is 0 Å². The zero-order chi connectivity index (χ0) is 28.7. The van der Waals surface area contributed by atoms with Gasteiger partial charge in [-0.05, 0) is 56.2 Å². The number of methoxy groups -OCH3 is 1. The van der Waals surface area contributed by atoms with E-state index in [4.69, 9.17) is 9.72 Å². The molecule has 3 aliphatic heterocycles. The number of piperidine rings is 1. The second kappa shape index (κ2) is 11.4. The number of fused-ring (bicyclic) bond motifs is 2. The highest BCUT2D eigenvalue weighted by Crippen LogP contribution is 2.42. The molecule has 1 saturated carbocycles. The number of hydrogen-bond acceptors (Lipinski definition) is 9. The van der Waals surface area contributed by atoms with Gasteiger partial charge in [0.1, 0.15) is 17.5 Å². The van der Waals surface area contributed by atoms with Crippen LogP contribution in [-0.4, -0.2) is 90.3 Å². The molecule has 2 amide bonds. The van der Waals surface area contributed by atoms with Crippen molar-refractivity contribution in [2.75, 3.05) is 60.4 Å². The van der Waals surface area contributed by atoms with Gasteiger partial charge in [-0.1, -0.05) is 19.8 Å². The third-order valence-corrected chi connectivity index (χ3v) is 9.17. The summed E-state index contributed by atoms with van der Waals surface area (Å²) in [6.45, 7) is 4.49. The molecule has 0 radical (unpaired) electrons. The van der Waals surface area contributed by atoms with Crippen molar-refractivity contribution in [2.45, 2.75) is 76.5 Å². The van der Waals surface area contributed by atoms with Crippen molar-refractivity contribution in [3.63, 3.8) is 0 Å². The highest BCUT2D eigenvalue weighted by atomic mass is 16.5. The molecule has 1 atom stereocenters. The number of likely N-dealkylation sites (tertiary alicyclic amines) is 1. The van der Waals surface area contributed by atoms with Crippen LogP contribution in [0.4, 0.5) is 28.8 Å². The van der Waals surface area contributed by atoms with E-state index >= 15 is 0 Å². The first-order valence-corrected chi connectivity index (χ1v) is 15.0. The highest BCUT2D eigenvalue weighted by molar-refractivity contribution is 6.04. The molecule has 1 saturated heterocycles. The number of aliphatic hydroxyl groups is 1. The third-order valence-electron chi connectivity index (χ3n) is 9.17. The first-order valence-electron chi connectivity index (χ1n) is 15.0. The van der Waals surface area contributed by atoms with E-state index in [1.165, 1.54) is 0 Å². The fraction of sp³-hybridized carbons (Fsp3) is 0.600. The van der Waals surface area contributed by atoms with Crippen LogP contribution in [-0.2, 0) is 16.0 Å². The van der Waals surface area contributed by atoms with E-state index in [0.29, 0.717) is 49.7 Å². The number of ether oxygens (including phenoxy) is 1. The summed E-state index contributed by atoms with van der Waals surface area (Å²) in [5, 5.41) is 13.2. The standard InChI is InChI=1S/C30H41N7O4/c1-4-23-29(40)34(2)25-17-31-30(33-28(25)37(23)20-7-5-6-8-20)32-22-16-24-19(15-26(22)41-3)9-14-36(24)27(39)18-35-12-10-21(38)11-13-35/h15-17,20-21,23,38H,4-14,18H2,1-3H3,(H,31,32,33)/t23-/m1/s1. The first-order chi connectivity index (χ1) is 19.9. The van der Waals surface area contributed by atoms with Crippen LogP contribution in [0.5, 0.6) is 5.75 Å². The Balaban J connectivity index is 1.28. The predicted molar refractivity (Wildman–Crippen MR) is 158 cm³/mol. The molecular weight excluding hydrogens is 522 g/mol. The highest BCUT2D eigenvalue weighted by Gasteiger charge is 2.41. The van der Waals surface area contributed by atoms with Gasteiger partial charge in [0.15, 0.2) is 5.82 Å². The minimum absolute atomic E-state index is 0.0619. The van der Waals surface area contributed by atoms with E-state index in [1.807, 2.05) is 17.0 Å². The van der Waals surface area contributed by atoms with Crippen molar-refractivity contribution < 1.29 is 19.4 Å². The second-order valence-electron chi connectivity index (χ2n) is 11.7. The van der Waals surface area contributed by atoms with Crippen molar-refractivity contribution in [2.24, 2.45) is 0 Å². The van der Waals surface area contributed by atoms with Crippen molar-refractivity contribution >= 4 is 40.6 Å². The summed E-state index contributed by atoms with van der Waals surface area (Å²) in [6, 6.07) is 4.00. The molecule has 4 heterocycles. The van der Waals surface area contributed by atoms with Gasteiger partial charge in [-0.15, -0.1) is 0 Å². The smallest absolute Gasteiger partial charge is 0.249 e. The Hall–Kier alpha value is -3.44. The average Bonchev–Trinajstić information content (AvgIpc) is 3.66. The van der Waals surface area contributed by atoms with E-state index in [1.54, 1.807) is 25.3 Å². The second-order valence-corrected chi connectivity index (χ2v) is 11.7. The molecule has 1 aromatic carbocycles. The summed E-state index contributed by atoms with van der Waals surface area (Å²) in [5.74, 6) is 2.02. The number of carbonyl (C=O) groups excluding carboxylic acids is 2. The maximum atomic E-state index is 13.3. The summed E-state index contributed by atoms with van der Waals surface area (Å²) in [6.07, 6.45) is 8.78. The van der Waals surface area contributed by atoms with Crippen molar-refractivity contribution in [1.29, 1.82) is 0 Å². The zero-order valence-electron chi connectivity index (χ0n) is 24.3. The summed E-state index contributed by atoms with van der Waals surface area (Å²) in [4.78, 5) is 44.0. The molecule has 41 heavy (non-hydrogen) atoms. The number of aliphatic hydroxyl groups excluding tert-OH is 1. The summed E-state index contributed by atoms with van der Waals surface area (Å²) >= 11 is 0. The van der Waals surface area contributed by atoms with Crippen molar-refractivity contribution in [3.8, 4) is 5.75 Å². The molecule has 11 heteroatoms. The van der Waals surface area contributed by atoms with Crippen molar-refractivity contribution in [1.82, 2.24) is 14.9 Å². The maximum Gasteiger partial charge on any atom is 0.249 e. The lowest BCUT2D eigenvalue weighted by Gasteiger charge is -2.43. The van der Waals surface area contributed by atoms with Gasteiger partial charge < -0.3 is 29.9 Å². The minimum atomic E-state index is -0.264. The van der Waals surface area contributed by atoms with Crippen LogP contribution >= 0.6 is 0 Å². The number of aromatic nitrogens is 2. The molecule has 1 aliphatic carbocycles. The molecule has 0 unspecified atom stereocenters. The molecule has 2 N–H and O–H groups in total. The van der Waals surface area contributed by atoms with Crippen LogP contribution in [0.1, 0.15) is 57.4 Å². The van der Waals surface area contributed by atoms with Gasteiger partial charge in [-0.25, -0.2) is 4.98 Å². The molecule has 6 rings (SSSR count). The number of amides is 2. The number of nitrogens with one attached hydrogen (secondary N) is 1. The molecule has 220 valence electrons. The van der Waals surface area contributed by atoms with Crippen molar-refractivity contribution in [3.05, 3.63) is 23.9 Å². The summed E-state index contributed by atoms with van der Waals surface area (Å²) in [7, 11) is 3.44. The third kappa shape index (κ3) is 5.21. The number of carbonyl (C=O) groups is 2. The largest absolute Gasteiger partial charge is 0.495 e. The Kier molecular flexibility index (Phi) is 7.74. The normalized spacial score (nSPS) is 21.8. The monoisotopic (exact) mass is 563 g/mol. The lowest BCUT2D eigenvalue weighted by Crippen LogP contribution is -2.55. The fourth-order valence-corrected chi connectivity index (χ4v) is 6.86. The van der Waals surface area contributed by atoms with E-state index in [9.17, 15) is 14.7 Å². The van der Waals surface area contributed by atoms with Crippen LogP contribution in [0, 0.1) is 0 Å². The average molecular weight is 564 g/mol. The molecule has 11 nitrogen and oxygen atoms in total. The van der Waals surface area contributed by atoms with Gasteiger partial charge in [0, 0.05) is 38.4 Å². The number of benzene rings is 1. The fourth-order valence-electron chi connectivity index (χ4n) is 6.86. The van der Waals surface area contributed by atoms with Gasteiger partial charge in [0.05, 0.1) is 31.6 Å². The van der Waals surface area contributed by atoms with Gasteiger partial charge in [-0.2, -0.15) is 4.98 Å². The minimum Gasteiger partial charge on any atom is -0.495 e. The molecule has 0 spiro atoms. The quantitative estimate of drug-likeness (QED) is 0.525. The maximum absolute atomic E-state index is 13.3. The molecule has 2 fully saturated rings. The SMILES string of the molecule is CC[C@@H]1C(=O)N(C)c2cnc(Nc3cc4c(cc3OC)CCN4C(=O)CN3CCC(O)CC3)nc2N1C1CCCC1. The Morgan fingerprint density at radius 1 is 1.12 bits per heavy atom. The zero-order valence-corrected chi connectivity index (χ0v) is 24.3. The Morgan fingerprint density at radius 2 is 1.88 bits per heavy atom. The predicted octanol–water partition coefficient (Wildman–Crippen LogP) is 3.08. The van der Waals surface area contributed by atoms with Gasteiger partial charge >= 0.3 is 0 Å². The molecular formula is C30H41N7O4. The summed E-state index contributed by atoms with van der Waals surface area (Å²) < 4.78 is 5.73. The van der Waals surface area contributed by atoms with Gasteiger partial charge in [-0.3, -0.25) is 14.5 Å². The van der Waals surface area contributed by atoms with E-state index in [0.717, 1.165) is 67.9 Å². The lowest BCUT2D eigenvalue weighted by molar-refractivity contribution is -0.120. The number of hydrogen-bond donors (Lipinski definition) is 2. The number of rotatable bonds is 7. The van der Waals surface area contributed by atoms with E-state index < -0.39 is 0 Å². The first kappa shape index (κ1) is 27.7. The Morgan fingerprint density at radius 3 is 2.59 bits per heavy atom. The number of anilines is 5. The molecule has 4 aliphatic rings. The lowest BCUT2D eigenvalue weighted by atomic mass is 10.0. The van der Waals surface area contributed by atoms with E-state index in [2.05, 4.69) is 27.0 Å². The van der Waals surface area contributed by atoms with Gasteiger partial charge in [0.25, 0.3) is 0 Å².